The highest BCUT2D eigenvalue weighted by Gasteiger charge is 1.92. The van der Waals surface area contributed by atoms with Crippen LogP contribution in [0.4, 0.5) is 0 Å². The zero-order valence-electron chi connectivity index (χ0n) is 7.40. The lowest BCUT2D eigenvalue weighted by molar-refractivity contribution is 0.236. The molecule has 0 bridgehead atoms. The molecule has 1 rings (SSSR count). The Balaban J connectivity index is 2.62. The summed E-state index contributed by atoms with van der Waals surface area (Å²) < 4.78 is 0. The molecule has 0 aromatic heterocycles. The highest BCUT2D eigenvalue weighted by atomic mass is 16.3. The fourth-order valence-corrected chi connectivity index (χ4v) is 0.905. The molecule has 0 unspecified atom stereocenters. The van der Waals surface area contributed by atoms with Gasteiger partial charge in [0.2, 0.25) is 0 Å². The van der Waals surface area contributed by atoms with Gasteiger partial charge in [-0.1, -0.05) is 36.1 Å². The normalized spacial score (nSPS) is 11.2. The third-order valence-corrected chi connectivity index (χ3v) is 1.55. The summed E-state index contributed by atoms with van der Waals surface area (Å²) in [6.45, 7) is 3.53. The molecule has 0 aliphatic rings. The summed E-state index contributed by atoms with van der Waals surface area (Å²) in [6, 6.07) is 9.60. The van der Waals surface area contributed by atoms with Gasteiger partial charge in [-0.2, -0.15) is 0 Å². The van der Waals surface area contributed by atoms with Gasteiger partial charge in [0.25, 0.3) is 0 Å². The van der Waals surface area contributed by atoms with E-state index in [1.165, 1.54) is 0 Å². The summed E-state index contributed by atoms with van der Waals surface area (Å²) in [5.74, 6) is 5.62. The minimum atomic E-state index is -0.599. The van der Waals surface area contributed by atoms with Crippen LogP contribution >= 0.6 is 0 Å². The van der Waals surface area contributed by atoms with Crippen molar-refractivity contribution in [1.82, 2.24) is 0 Å². The molecule has 1 aromatic rings. The van der Waals surface area contributed by atoms with Gasteiger partial charge in [0.1, 0.15) is 6.10 Å². The van der Waals surface area contributed by atoms with Crippen LogP contribution in [-0.4, -0.2) is 11.2 Å². The minimum Gasteiger partial charge on any atom is -0.380 e. The number of benzene rings is 1. The fourth-order valence-electron chi connectivity index (χ4n) is 0.905. The predicted octanol–water partition coefficient (Wildman–Crippen LogP) is 1.98. The summed E-state index contributed by atoms with van der Waals surface area (Å²) in [5.41, 5.74) is 0.922. The van der Waals surface area contributed by atoms with Crippen molar-refractivity contribution >= 4 is 0 Å². The van der Waals surface area contributed by atoms with Crippen molar-refractivity contribution in [3.05, 3.63) is 48.6 Å². The topological polar surface area (TPSA) is 20.2 Å². The third kappa shape index (κ3) is 3.59. The van der Waals surface area contributed by atoms with Gasteiger partial charge in [-0.3, -0.25) is 0 Å². The number of aliphatic hydroxyl groups is 1. The molecule has 0 aliphatic carbocycles. The van der Waals surface area contributed by atoms with Crippen molar-refractivity contribution in [3.8, 4) is 11.8 Å². The van der Waals surface area contributed by atoms with Gasteiger partial charge in [0.05, 0.1) is 0 Å². The maximum absolute atomic E-state index is 9.27. The van der Waals surface area contributed by atoms with Crippen molar-refractivity contribution in [2.45, 2.75) is 12.5 Å². The van der Waals surface area contributed by atoms with E-state index in [0.717, 1.165) is 5.56 Å². The van der Waals surface area contributed by atoms with Crippen LogP contribution < -0.4 is 0 Å². The zero-order valence-corrected chi connectivity index (χ0v) is 7.40. The van der Waals surface area contributed by atoms with Gasteiger partial charge in [0, 0.05) is 12.0 Å². The van der Waals surface area contributed by atoms with Crippen molar-refractivity contribution in [2.75, 3.05) is 0 Å². The maximum Gasteiger partial charge on any atom is 0.118 e. The molecule has 0 radical (unpaired) electrons. The van der Waals surface area contributed by atoms with Crippen LogP contribution in [0.25, 0.3) is 0 Å². The van der Waals surface area contributed by atoms with Gasteiger partial charge in [-0.25, -0.2) is 0 Å². The molecule has 66 valence electrons. The molecule has 0 heterocycles. The van der Waals surface area contributed by atoms with E-state index >= 15 is 0 Å². The van der Waals surface area contributed by atoms with Crippen LogP contribution in [0, 0.1) is 11.8 Å². The van der Waals surface area contributed by atoms with Crippen LogP contribution in [0.2, 0.25) is 0 Å². The molecule has 0 aliphatic heterocycles. The van der Waals surface area contributed by atoms with Gasteiger partial charge in [0.15, 0.2) is 0 Å². The zero-order chi connectivity index (χ0) is 9.52. The molecular weight excluding hydrogens is 160 g/mol. The first-order valence-electron chi connectivity index (χ1n) is 4.18. The first-order chi connectivity index (χ1) is 6.33. The van der Waals surface area contributed by atoms with Gasteiger partial charge < -0.3 is 5.11 Å². The summed E-state index contributed by atoms with van der Waals surface area (Å²) in [7, 11) is 0. The number of aliphatic hydroxyl groups excluding tert-OH is 1. The van der Waals surface area contributed by atoms with Crippen LogP contribution in [0.5, 0.6) is 0 Å². The summed E-state index contributed by atoms with van der Waals surface area (Å²) >= 11 is 0. The van der Waals surface area contributed by atoms with E-state index in [9.17, 15) is 5.11 Å². The van der Waals surface area contributed by atoms with E-state index in [1.54, 1.807) is 6.08 Å². The van der Waals surface area contributed by atoms with Crippen LogP contribution in [0.1, 0.15) is 12.0 Å². The van der Waals surface area contributed by atoms with Crippen molar-refractivity contribution in [3.63, 3.8) is 0 Å². The summed E-state index contributed by atoms with van der Waals surface area (Å²) in [5, 5.41) is 9.27. The Bertz CT molecular complexity index is 316. The van der Waals surface area contributed by atoms with E-state index in [4.69, 9.17) is 0 Å². The molecule has 13 heavy (non-hydrogen) atoms. The molecule has 1 atom stereocenters. The molecule has 0 fully saturated rings. The molecule has 1 heteroatoms. The van der Waals surface area contributed by atoms with Crippen molar-refractivity contribution in [2.24, 2.45) is 0 Å². The Morgan fingerprint density at radius 3 is 2.69 bits per heavy atom. The second-order valence-corrected chi connectivity index (χ2v) is 2.68. The van der Waals surface area contributed by atoms with E-state index in [2.05, 4.69) is 18.4 Å². The Kier molecular flexibility index (Phi) is 3.81. The molecule has 0 saturated carbocycles. The molecule has 1 N–H and O–H groups in total. The van der Waals surface area contributed by atoms with Crippen molar-refractivity contribution in [1.29, 1.82) is 0 Å². The maximum atomic E-state index is 9.27. The summed E-state index contributed by atoms with van der Waals surface area (Å²) in [4.78, 5) is 0. The first kappa shape index (κ1) is 9.57. The third-order valence-electron chi connectivity index (χ3n) is 1.55. The number of hydrogen-bond acceptors (Lipinski definition) is 1. The molecular formula is C12H12O. The Morgan fingerprint density at radius 2 is 2.08 bits per heavy atom. The largest absolute Gasteiger partial charge is 0.380 e. The van der Waals surface area contributed by atoms with Gasteiger partial charge in [-0.05, 0) is 12.1 Å². The number of rotatable bonds is 2. The monoisotopic (exact) mass is 172 g/mol. The molecule has 0 spiro atoms. The quantitative estimate of drug-likeness (QED) is 0.534. The average molecular weight is 172 g/mol. The van der Waals surface area contributed by atoms with E-state index in [0.29, 0.717) is 6.42 Å². The fraction of sp³-hybridized carbons (Fsp3) is 0.167. The average Bonchev–Trinajstić information content (AvgIpc) is 2.17. The summed E-state index contributed by atoms with van der Waals surface area (Å²) in [6.07, 6.45) is 1.57. The minimum absolute atomic E-state index is 0.514. The van der Waals surface area contributed by atoms with E-state index < -0.39 is 6.10 Å². The Hall–Kier alpha value is -1.52. The second-order valence-electron chi connectivity index (χ2n) is 2.68. The smallest absolute Gasteiger partial charge is 0.118 e. The van der Waals surface area contributed by atoms with Gasteiger partial charge >= 0.3 is 0 Å². The highest BCUT2D eigenvalue weighted by Crippen LogP contribution is 1.96. The SMILES string of the molecule is C=CC[C@H](O)C#Cc1ccccc1. The van der Waals surface area contributed by atoms with Gasteiger partial charge in [-0.15, -0.1) is 6.58 Å². The first-order valence-corrected chi connectivity index (χ1v) is 4.18. The van der Waals surface area contributed by atoms with Crippen LogP contribution in [-0.2, 0) is 0 Å². The van der Waals surface area contributed by atoms with Crippen LogP contribution in [0.3, 0.4) is 0 Å². The number of hydrogen-bond donors (Lipinski definition) is 1. The van der Waals surface area contributed by atoms with Crippen molar-refractivity contribution < 1.29 is 5.11 Å². The second kappa shape index (κ2) is 5.18. The Morgan fingerprint density at radius 1 is 1.38 bits per heavy atom. The Labute approximate surface area is 78.7 Å². The molecule has 1 nitrogen and oxygen atoms in total. The lowest BCUT2D eigenvalue weighted by atomic mass is 10.2. The molecule has 1 aromatic carbocycles. The molecule has 0 amide bonds. The lowest BCUT2D eigenvalue weighted by Crippen LogP contribution is -1.99. The van der Waals surface area contributed by atoms with E-state index in [-0.39, 0.29) is 0 Å². The van der Waals surface area contributed by atoms with E-state index in [1.807, 2.05) is 30.3 Å². The lowest BCUT2D eigenvalue weighted by Gasteiger charge is -1.95. The standard InChI is InChI=1S/C12H12O/c1-2-6-12(13)10-9-11-7-4-3-5-8-11/h2-5,7-8,12-13H,1,6H2/t12-/m0/s1. The predicted molar refractivity (Wildman–Crippen MR) is 54.1 cm³/mol. The molecule has 0 saturated heterocycles. The van der Waals surface area contributed by atoms with Crippen LogP contribution in [0.15, 0.2) is 43.0 Å². The highest BCUT2D eigenvalue weighted by molar-refractivity contribution is 5.34.